The van der Waals surface area contributed by atoms with Crippen molar-refractivity contribution in [2.45, 2.75) is 0 Å². The van der Waals surface area contributed by atoms with Gasteiger partial charge in [-0.3, -0.25) is 4.98 Å². The van der Waals surface area contributed by atoms with Crippen molar-refractivity contribution in [3.63, 3.8) is 0 Å². The third-order valence-electron chi connectivity index (χ3n) is 2.23. The van der Waals surface area contributed by atoms with E-state index in [9.17, 15) is 9.18 Å². The van der Waals surface area contributed by atoms with Crippen molar-refractivity contribution in [2.75, 3.05) is 0 Å². The van der Waals surface area contributed by atoms with E-state index in [0.717, 1.165) is 0 Å². The number of hydrogen-bond donors (Lipinski definition) is 1. The summed E-state index contributed by atoms with van der Waals surface area (Å²) in [5.74, 6) is -1.48. The Morgan fingerprint density at radius 1 is 1.29 bits per heavy atom. The maximum atomic E-state index is 12.7. The lowest BCUT2D eigenvalue weighted by molar-refractivity contribution is 0.0697. The van der Waals surface area contributed by atoms with Crippen LogP contribution in [0.2, 0.25) is 5.02 Å². The van der Waals surface area contributed by atoms with Crippen molar-refractivity contribution in [1.29, 1.82) is 0 Å². The van der Waals surface area contributed by atoms with Crippen molar-refractivity contribution in [3.8, 4) is 11.3 Å². The van der Waals surface area contributed by atoms with E-state index in [2.05, 4.69) is 4.98 Å². The SMILES string of the molecule is O=C(O)c1cc(-c2ccc(F)cc2)ncc1Cl. The summed E-state index contributed by atoms with van der Waals surface area (Å²) in [6.07, 6.45) is 1.27. The van der Waals surface area contributed by atoms with E-state index >= 15 is 0 Å². The summed E-state index contributed by atoms with van der Waals surface area (Å²) in [6, 6.07) is 6.98. The number of pyridine rings is 1. The first-order chi connectivity index (χ1) is 8.08. The first-order valence-corrected chi connectivity index (χ1v) is 5.10. The minimum atomic E-state index is -1.12. The van der Waals surface area contributed by atoms with Gasteiger partial charge in [-0.2, -0.15) is 0 Å². The summed E-state index contributed by atoms with van der Waals surface area (Å²) >= 11 is 5.70. The highest BCUT2D eigenvalue weighted by atomic mass is 35.5. The van der Waals surface area contributed by atoms with Crippen molar-refractivity contribution in [3.05, 3.63) is 52.9 Å². The maximum Gasteiger partial charge on any atom is 0.337 e. The normalized spacial score (nSPS) is 10.2. The Morgan fingerprint density at radius 2 is 1.94 bits per heavy atom. The average Bonchev–Trinajstić information content (AvgIpc) is 2.30. The van der Waals surface area contributed by atoms with E-state index in [1.165, 1.54) is 36.5 Å². The molecule has 1 N–H and O–H groups in total. The summed E-state index contributed by atoms with van der Waals surface area (Å²) in [5.41, 5.74) is 1.04. The standard InChI is InChI=1S/C12H7ClFNO2/c13-10-6-15-11(5-9(10)12(16)17)7-1-3-8(14)4-2-7/h1-6H,(H,16,17). The average molecular weight is 252 g/mol. The molecule has 0 radical (unpaired) electrons. The fourth-order valence-corrected chi connectivity index (χ4v) is 1.57. The molecule has 86 valence electrons. The lowest BCUT2D eigenvalue weighted by Crippen LogP contribution is -1.99. The predicted octanol–water partition coefficient (Wildman–Crippen LogP) is 3.24. The Labute approximate surface area is 101 Å². The Kier molecular flexibility index (Phi) is 3.06. The highest BCUT2D eigenvalue weighted by molar-refractivity contribution is 6.33. The van der Waals surface area contributed by atoms with Gasteiger partial charge in [0.15, 0.2) is 0 Å². The molecule has 0 unspecified atom stereocenters. The summed E-state index contributed by atoms with van der Waals surface area (Å²) < 4.78 is 12.7. The Morgan fingerprint density at radius 3 is 2.53 bits per heavy atom. The zero-order chi connectivity index (χ0) is 12.4. The van der Waals surface area contributed by atoms with Crippen LogP contribution in [0.3, 0.4) is 0 Å². The van der Waals surface area contributed by atoms with Gasteiger partial charge in [0.25, 0.3) is 0 Å². The van der Waals surface area contributed by atoms with Crippen LogP contribution < -0.4 is 0 Å². The zero-order valence-electron chi connectivity index (χ0n) is 8.52. The Hall–Kier alpha value is -1.94. The second-order valence-electron chi connectivity index (χ2n) is 3.36. The molecule has 1 aromatic carbocycles. The number of benzene rings is 1. The van der Waals surface area contributed by atoms with Crippen LogP contribution in [0.5, 0.6) is 0 Å². The van der Waals surface area contributed by atoms with Gasteiger partial charge in [-0.05, 0) is 30.3 Å². The van der Waals surface area contributed by atoms with Gasteiger partial charge in [0.2, 0.25) is 0 Å². The molecule has 1 heterocycles. The molecule has 0 fully saturated rings. The van der Waals surface area contributed by atoms with Crippen molar-refractivity contribution in [1.82, 2.24) is 4.98 Å². The minimum Gasteiger partial charge on any atom is -0.478 e. The van der Waals surface area contributed by atoms with Gasteiger partial charge < -0.3 is 5.11 Å². The van der Waals surface area contributed by atoms with Crippen LogP contribution in [-0.2, 0) is 0 Å². The summed E-state index contributed by atoms with van der Waals surface area (Å²) in [7, 11) is 0. The number of carboxylic acid groups (broad SMARTS) is 1. The third kappa shape index (κ3) is 2.42. The molecule has 2 rings (SSSR count). The molecule has 0 atom stereocenters. The van der Waals surface area contributed by atoms with Gasteiger partial charge in [0.05, 0.1) is 16.3 Å². The quantitative estimate of drug-likeness (QED) is 0.891. The van der Waals surface area contributed by atoms with E-state index in [4.69, 9.17) is 16.7 Å². The first kappa shape index (κ1) is 11.5. The van der Waals surface area contributed by atoms with E-state index < -0.39 is 5.97 Å². The molecule has 3 nitrogen and oxygen atoms in total. The van der Waals surface area contributed by atoms with E-state index in [-0.39, 0.29) is 16.4 Å². The lowest BCUT2D eigenvalue weighted by Gasteiger charge is -2.03. The van der Waals surface area contributed by atoms with Gasteiger partial charge in [-0.15, -0.1) is 0 Å². The lowest BCUT2D eigenvalue weighted by atomic mass is 10.1. The number of carboxylic acids is 1. The number of aromatic nitrogens is 1. The fraction of sp³-hybridized carbons (Fsp3) is 0. The third-order valence-corrected chi connectivity index (χ3v) is 2.53. The molecule has 1 aromatic heterocycles. The number of rotatable bonds is 2. The molecule has 0 spiro atoms. The van der Waals surface area contributed by atoms with Gasteiger partial charge in [0, 0.05) is 11.8 Å². The predicted molar refractivity (Wildman–Crippen MR) is 61.6 cm³/mol. The van der Waals surface area contributed by atoms with Crippen LogP contribution in [0.15, 0.2) is 36.5 Å². The van der Waals surface area contributed by atoms with Crippen LogP contribution in [-0.4, -0.2) is 16.1 Å². The van der Waals surface area contributed by atoms with Crippen molar-refractivity contribution < 1.29 is 14.3 Å². The molecule has 0 saturated heterocycles. The van der Waals surface area contributed by atoms with Crippen LogP contribution in [0.25, 0.3) is 11.3 Å². The number of carbonyl (C=O) groups is 1. The topological polar surface area (TPSA) is 50.2 Å². The molecule has 0 bridgehead atoms. The summed E-state index contributed by atoms with van der Waals surface area (Å²) in [4.78, 5) is 14.9. The smallest absolute Gasteiger partial charge is 0.337 e. The second-order valence-corrected chi connectivity index (χ2v) is 3.77. The Bertz CT molecular complexity index is 569. The molecule has 17 heavy (non-hydrogen) atoms. The van der Waals surface area contributed by atoms with E-state index in [1.807, 2.05) is 0 Å². The van der Waals surface area contributed by atoms with E-state index in [1.54, 1.807) is 0 Å². The van der Waals surface area contributed by atoms with Gasteiger partial charge in [0.1, 0.15) is 5.82 Å². The number of nitrogens with zero attached hydrogens (tertiary/aromatic N) is 1. The molecular weight excluding hydrogens is 245 g/mol. The Balaban J connectivity index is 2.50. The molecule has 0 amide bonds. The van der Waals surface area contributed by atoms with Gasteiger partial charge in [-0.25, -0.2) is 9.18 Å². The summed E-state index contributed by atoms with van der Waals surface area (Å²) in [6.45, 7) is 0. The molecule has 0 saturated carbocycles. The van der Waals surface area contributed by atoms with Crippen LogP contribution >= 0.6 is 11.6 Å². The van der Waals surface area contributed by atoms with Crippen LogP contribution in [0.1, 0.15) is 10.4 Å². The number of aromatic carboxylic acids is 1. The van der Waals surface area contributed by atoms with Crippen molar-refractivity contribution in [2.24, 2.45) is 0 Å². The van der Waals surface area contributed by atoms with E-state index in [0.29, 0.717) is 11.3 Å². The largest absolute Gasteiger partial charge is 0.478 e. The molecule has 0 aliphatic heterocycles. The molecule has 0 aliphatic carbocycles. The first-order valence-electron chi connectivity index (χ1n) is 4.72. The summed E-state index contributed by atoms with van der Waals surface area (Å²) in [5, 5.41) is 8.98. The molecule has 5 heteroatoms. The molecule has 2 aromatic rings. The van der Waals surface area contributed by atoms with Gasteiger partial charge >= 0.3 is 5.97 Å². The maximum absolute atomic E-state index is 12.7. The molecular formula is C12H7ClFNO2. The molecule has 0 aliphatic rings. The zero-order valence-corrected chi connectivity index (χ0v) is 9.28. The van der Waals surface area contributed by atoms with Crippen molar-refractivity contribution >= 4 is 17.6 Å². The van der Waals surface area contributed by atoms with Crippen LogP contribution in [0, 0.1) is 5.82 Å². The number of hydrogen-bond acceptors (Lipinski definition) is 2. The van der Waals surface area contributed by atoms with Crippen LogP contribution in [0.4, 0.5) is 4.39 Å². The van der Waals surface area contributed by atoms with Gasteiger partial charge in [-0.1, -0.05) is 11.6 Å². The second kappa shape index (κ2) is 4.51. The number of halogens is 2. The highest BCUT2D eigenvalue weighted by Crippen LogP contribution is 2.22. The highest BCUT2D eigenvalue weighted by Gasteiger charge is 2.11. The fourth-order valence-electron chi connectivity index (χ4n) is 1.38. The minimum absolute atomic E-state index is 0.0269. The monoisotopic (exact) mass is 251 g/mol.